The van der Waals surface area contributed by atoms with Crippen LogP contribution in [0.15, 0.2) is 23.3 Å². The predicted octanol–water partition coefficient (Wildman–Crippen LogP) is 0.273. The van der Waals surface area contributed by atoms with Crippen molar-refractivity contribution in [2.45, 2.75) is 32.9 Å². The highest BCUT2D eigenvalue weighted by Gasteiger charge is 2.17. The van der Waals surface area contributed by atoms with Crippen LogP contribution in [-0.4, -0.2) is 30.5 Å². The molecule has 21 heavy (non-hydrogen) atoms. The third kappa shape index (κ3) is 3.33. The number of aromatic nitrogens is 5. The van der Waals surface area contributed by atoms with E-state index in [1.165, 1.54) is 25.5 Å². The van der Waals surface area contributed by atoms with Gasteiger partial charge in [0.25, 0.3) is 11.5 Å². The van der Waals surface area contributed by atoms with Gasteiger partial charge < -0.3 is 5.32 Å². The molecule has 112 valence electrons. The van der Waals surface area contributed by atoms with Gasteiger partial charge in [-0.1, -0.05) is 6.92 Å². The van der Waals surface area contributed by atoms with Gasteiger partial charge in [-0.15, -0.1) is 0 Å². The number of hydrogen-bond donors (Lipinski definition) is 1. The topological polar surface area (TPSA) is 94.7 Å². The molecule has 0 bridgehead atoms. The van der Waals surface area contributed by atoms with E-state index < -0.39 is 0 Å². The fraction of sp³-hybridized carbons (Fsp3) is 0.462. The smallest absolute Gasteiger partial charge is 0.272 e. The molecule has 2 heterocycles. The summed E-state index contributed by atoms with van der Waals surface area (Å²) in [7, 11) is 1.50. The average Bonchev–Trinajstić information content (AvgIpc) is 2.90. The van der Waals surface area contributed by atoms with E-state index in [4.69, 9.17) is 0 Å². The van der Waals surface area contributed by atoms with Gasteiger partial charge in [0, 0.05) is 19.7 Å². The lowest BCUT2D eigenvalue weighted by Gasteiger charge is -2.14. The molecule has 2 aromatic heterocycles. The van der Waals surface area contributed by atoms with E-state index in [1.807, 2.05) is 13.8 Å². The maximum atomic E-state index is 12.1. The summed E-state index contributed by atoms with van der Waals surface area (Å²) < 4.78 is 2.89. The van der Waals surface area contributed by atoms with Crippen molar-refractivity contribution in [3.63, 3.8) is 0 Å². The average molecular weight is 290 g/mol. The minimum absolute atomic E-state index is 0.186. The second-order valence-electron chi connectivity index (χ2n) is 4.72. The lowest BCUT2D eigenvalue weighted by atomic mass is 10.2. The summed E-state index contributed by atoms with van der Waals surface area (Å²) in [4.78, 5) is 27.6. The third-order valence-electron chi connectivity index (χ3n) is 3.01. The van der Waals surface area contributed by atoms with Crippen molar-refractivity contribution in [2.75, 3.05) is 0 Å². The zero-order valence-electron chi connectivity index (χ0n) is 12.3. The molecule has 0 saturated carbocycles. The first-order valence-electron chi connectivity index (χ1n) is 6.76. The van der Waals surface area contributed by atoms with Crippen molar-refractivity contribution >= 4 is 5.91 Å². The molecule has 0 saturated heterocycles. The number of rotatable bonds is 5. The number of carbonyl (C=O) groups is 1. The van der Waals surface area contributed by atoms with E-state index in [0.29, 0.717) is 5.82 Å². The molecule has 0 aromatic carbocycles. The Balaban J connectivity index is 2.13. The van der Waals surface area contributed by atoms with Gasteiger partial charge in [0.2, 0.25) is 0 Å². The molecule has 0 radical (unpaired) electrons. The first-order chi connectivity index (χ1) is 10.0. The number of hydrogen-bond acceptors (Lipinski definition) is 5. The van der Waals surface area contributed by atoms with E-state index in [9.17, 15) is 9.59 Å². The molecule has 1 atom stereocenters. The first kappa shape index (κ1) is 14.9. The van der Waals surface area contributed by atoms with E-state index in [0.717, 1.165) is 17.6 Å². The Morgan fingerprint density at radius 1 is 1.43 bits per heavy atom. The number of nitrogens with one attached hydrogen (secondary N) is 1. The van der Waals surface area contributed by atoms with Crippen molar-refractivity contribution in [3.05, 3.63) is 40.3 Å². The zero-order valence-corrected chi connectivity index (χ0v) is 12.3. The molecule has 0 spiro atoms. The van der Waals surface area contributed by atoms with Gasteiger partial charge in [-0.2, -0.15) is 10.2 Å². The van der Waals surface area contributed by atoms with Crippen LogP contribution >= 0.6 is 0 Å². The van der Waals surface area contributed by atoms with Crippen LogP contribution in [0.25, 0.3) is 0 Å². The fourth-order valence-corrected chi connectivity index (χ4v) is 1.95. The number of carbonyl (C=O) groups excluding carboxylic acids is 1. The molecule has 8 nitrogen and oxygen atoms in total. The molecule has 2 aromatic rings. The van der Waals surface area contributed by atoms with Gasteiger partial charge in [0.1, 0.15) is 17.8 Å². The Bertz CT molecular complexity index is 690. The Labute approximate surface area is 121 Å². The van der Waals surface area contributed by atoms with Crippen molar-refractivity contribution in [3.8, 4) is 0 Å². The van der Waals surface area contributed by atoms with Crippen LogP contribution in [0.1, 0.15) is 42.6 Å². The molecule has 0 aliphatic carbocycles. The van der Waals surface area contributed by atoms with E-state index in [-0.39, 0.29) is 23.2 Å². The second kappa shape index (κ2) is 6.29. The normalized spacial score (nSPS) is 12.1. The molecule has 1 N–H and O–H groups in total. The summed E-state index contributed by atoms with van der Waals surface area (Å²) in [6, 6.07) is 2.42. The van der Waals surface area contributed by atoms with Crippen molar-refractivity contribution in [1.29, 1.82) is 0 Å². The van der Waals surface area contributed by atoms with Gasteiger partial charge in [0.15, 0.2) is 0 Å². The summed E-state index contributed by atoms with van der Waals surface area (Å²) in [5.41, 5.74) is -0.0761. The van der Waals surface area contributed by atoms with Crippen LogP contribution in [0.2, 0.25) is 0 Å². The van der Waals surface area contributed by atoms with Crippen LogP contribution in [0.3, 0.4) is 0 Å². The second-order valence-corrected chi connectivity index (χ2v) is 4.72. The Morgan fingerprint density at radius 2 is 2.19 bits per heavy atom. The van der Waals surface area contributed by atoms with Crippen LogP contribution in [0.4, 0.5) is 0 Å². The van der Waals surface area contributed by atoms with E-state index in [2.05, 4.69) is 20.5 Å². The van der Waals surface area contributed by atoms with Gasteiger partial charge in [-0.3, -0.25) is 9.59 Å². The minimum atomic E-state index is -0.357. The lowest BCUT2D eigenvalue weighted by Crippen LogP contribution is -2.31. The van der Waals surface area contributed by atoms with Gasteiger partial charge in [-0.25, -0.2) is 14.3 Å². The standard InChI is InChI=1S/C13H18N6O2/c1-4-7-19-12(14-8-15-19)9(2)16-13(21)10-5-6-11(20)18(3)17-10/h5-6,8-9H,4,7H2,1-3H3,(H,16,21)/t9-/m0/s1. The molecule has 2 rings (SSSR count). The largest absolute Gasteiger partial charge is 0.341 e. The van der Waals surface area contributed by atoms with Crippen LogP contribution in [0.5, 0.6) is 0 Å². The van der Waals surface area contributed by atoms with Crippen molar-refractivity contribution < 1.29 is 4.79 Å². The SMILES string of the molecule is CCCn1ncnc1[C@H](C)NC(=O)c1ccc(=O)n(C)n1. The van der Waals surface area contributed by atoms with Gasteiger partial charge >= 0.3 is 0 Å². The summed E-state index contributed by atoms with van der Waals surface area (Å²) in [6.07, 6.45) is 2.40. The molecule has 1 amide bonds. The van der Waals surface area contributed by atoms with Crippen molar-refractivity contribution in [2.24, 2.45) is 7.05 Å². The fourth-order valence-electron chi connectivity index (χ4n) is 1.95. The highest BCUT2D eigenvalue weighted by atomic mass is 16.2. The van der Waals surface area contributed by atoms with Crippen LogP contribution < -0.4 is 10.9 Å². The molecule has 0 unspecified atom stereocenters. The Hall–Kier alpha value is -2.51. The molecule has 8 heteroatoms. The summed E-state index contributed by atoms with van der Waals surface area (Å²) in [6.45, 7) is 4.62. The van der Waals surface area contributed by atoms with Crippen LogP contribution in [-0.2, 0) is 13.6 Å². The highest BCUT2D eigenvalue weighted by Crippen LogP contribution is 2.09. The Kier molecular flexibility index (Phi) is 4.46. The molecular formula is C13H18N6O2. The van der Waals surface area contributed by atoms with E-state index >= 15 is 0 Å². The Morgan fingerprint density at radius 3 is 2.86 bits per heavy atom. The van der Waals surface area contributed by atoms with Crippen LogP contribution in [0, 0.1) is 0 Å². The summed E-state index contributed by atoms with van der Waals surface area (Å²) in [5.74, 6) is 0.333. The third-order valence-corrected chi connectivity index (χ3v) is 3.01. The summed E-state index contributed by atoms with van der Waals surface area (Å²) >= 11 is 0. The van der Waals surface area contributed by atoms with Gasteiger partial charge in [-0.05, 0) is 19.4 Å². The lowest BCUT2D eigenvalue weighted by molar-refractivity contribution is 0.0930. The maximum Gasteiger partial charge on any atom is 0.272 e. The number of nitrogens with zero attached hydrogens (tertiary/aromatic N) is 5. The molecule has 0 fully saturated rings. The first-order valence-corrected chi connectivity index (χ1v) is 6.76. The molecular weight excluding hydrogens is 272 g/mol. The highest BCUT2D eigenvalue weighted by molar-refractivity contribution is 5.92. The molecule has 0 aliphatic rings. The number of aryl methyl sites for hydroxylation is 2. The molecule has 0 aliphatic heterocycles. The maximum absolute atomic E-state index is 12.1. The number of amides is 1. The van der Waals surface area contributed by atoms with Gasteiger partial charge in [0.05, 0.1) is 6.04 Å². The predicted molar refractivity (Wildman–Crippen MR) is 75.7 cm³/mol. The minimum Gasteiger partial charge on any atom is -0.341 e. The zero-order chi connectivity index (χ0) is 15.4. The monoisotopic (exact) mass is 290 g/mol. The van der Waals surface area contributed by atoms with E-state index in [1.54, 1.807) is 4.68 Å². The quantitative estimate of drug-likeness (QED) is 0.853. The van der Waals surface area contributed by atoms with Crippen molar-refractivity contribution in [1.82, 2.24) is 29.9 Å². The summed E-state index contributed by atoms with van der Waals surface area (Å²) in [5, 5.41) is 10.8.